The third kappa shape index (κ3) is 5.77. The number of hydrogen-bond donors (Lipinski definition) is 1. The first-order valence-corrected chi connectivity index (χ1v) is 7.60. The number of methoxy groups -OCH3 is 1. The number of benzene rings is 1. The number of amides is 2. The van der Waals surface area contributed by atoms with Crippen LogP contribution in [0.15, 0.2) is 23.1 Å². The van der Waals surface area contributed by atoms with E-state index in [1.807, 2.05) is 37.4 Å². The van der Waals surface area contributed by atoms with Gasteiger partial charge in [-0.3, -0.25) is 14.9 Å². The summed E-state index contributed by atoms with van der Waals surface area (Å²) in [6.07, 6.45) is -1.95. The van der Waals surface area contributed by atoms with Gasteiger partial charge in [0.1, 0.15) is 0 Å². The van der Waals surface area contributed by atoms with E-state index in [-0.39, 0.29) is 5.75 Å². The van der Waals surface area contributed by atoms with Crippen molar-refractivity contribution >= 4 is 29.7 Å². The van der Waals surface area contributed by atoms with Gasteiger partial charge in [0.15, 0.2) is 6.10 Å². The lowest BCUT2D eigenvalue weighted by Gasteiger charge is -2.12. The lowest BCUT2D eigenvalue weighted by Crippen LogP contribution is -2.39. The van der Waals surface area contributed by atoms with Crippen LogP contribution in [0.25, 0.3) is 0 Å². The Kier molecular flexibility index (Phi) is 6.91. The molecule has 0 aliphatic heterocycles. The second kappa shape index (κ2) is 8.43. The SMILES string of the molecule is COC(=O)NC(=O)[C@@H](C)OC(=O)CSc1ccc(C)cc1C. The number of alkyl carbamates (subject to hydrolysis) is 1. The quantitative estimate of drug-likeness (QED) is 0.660. The van der Waals surface area contributed by atoms with Gasteiger partial charge in [-0.15, -0.1) is 11.8 Å². The third-order valence-corrected chi connectivity index (χ3v) is 3.91. The van der Waals surface area contributed by atoms with Gasteiger partial charge >= 0.3 is 12.1 Å². The van der Waals surface area contributed by atoms with Gasteiger partial charge in [-0.1, -0.05) is 17.7 Å². The van der Waals surface area contributed by atoms with Crippen molar-refractivity contribution in [3.63, 3.8) is 0 Å². The summed E-state index contributed by atoms with van der Waals surface area (Å²) >= 11 is 1.34. The smallest absolute Gasteiger partial charge is 0.413 e. The molecule has 0 saturated carbocycles. The van der Waals surface area contributed by atoms with Crippen molar-refractivity contribution in [1.82, 2.24) is 5.32 Å². The molecule has 0 heterocycles. The molecule has 0 unspecified atom stereocenters. The van der Waals surface area contributed by atoms with Gasteiger partial charge in [-0.25, -0.2) is 4.79 Å². The molecule has 1 N–H and O–H groups in total. The van der Waals surface area contributed by atoms with E-state index in [2.05, 4.69) is 4.74 Å². The van der Waals surface area contributed by atoms with E-state index in [1.165, 1.54) is 18.7 Å². The van der Waals surface area contributed by atoms with Gasteiger partial charge in [0.05, 0.1) is 12.9 Å². The topological polar surface area (TPSA) is 81.7 Å². The highest BCUT2D eigenvalue weighted by atomic mass is 32.2. The predicted molar refractivity (Wildman–Crippen MR) is 82.7 cm³/mol. The fraction of sp³-hybridized carbons (Fsp3) is 0.400. The van der Waals surface area contributed by atoms with E-state index >= 15 is 0 Å². The molecule has 1 aromatic carbocycles. The van der Waals surface area contributed by atoms with Gasteiger partial charge < -0.3 is 9.47 Å². The summed E-state index contributed by atoms with van der Waals surface area (Å²) in [5.74, 6) is -1.17. The Morgan fingerprint density at radius 2 is 1.95 bits per heavy atom. The average Bonchev–Trinajstić information content (AvgIpc) is 2.45. The standard InChI is InChI=1S/C15H19NO5S/c1-9-5-6-12(10(2)7-9)22-8-13(17)21-11(3)14(18)16-15(19)20-4/h5-7,11H,8H2,1-4H3,(H,16,18,19)/t11-/m1/s1. The third-order valence-electron chi connectivity index (χ3n) is 2.76. The minimum atomic E-state index is -1.06. The maximum atomic E-state index is 11.7. The highest BCUT2D eigenvalue weighted by Gasteiger charge is 2.20. The molecule has 0 aromatic heterocycles. The lowest BCUT2D eigenvalue weighted by molar-refractivity contribution is -0.152. The minimum absolute atomic E-state index is 0.0831. The number of thioether (sulfide) groups is 1. The number of imide groups is 1. The number of nitrogens with one attached hydrogen (secondary N) is 1. The Bertz CT molecular complexity index is 573. The summed E-state index contributed by atoms with van der Waals surface area (Å²) in [6, 6.07) is 5.93. The van der Waals surface area contributed by atoms with Crippen LogP contribution in [0.1, 0.15) is 18.1 Å². The molecule has 0 spiro atoms. The molecule has 0 aliphatic carbocycles. The number of rotatable bonds is 5. The van der Waals surface area contributed by atoms with Gasteiger partial charge in [-0.05, 0) is 32.4 Å². The summed E-state index contributed by atoms with van der Waals surface area (Å²) in [6.45, 7) is 5.35. The first kappa shape index (κ1) is 18.0. The van der Waals surface area contributed by atoms with E-state index in [0.29, 0.717) is 0 Å². The van der Waals surface area contributed by atoms with Crippen molar-refractivity contribution < 1.29 is 23.9 Å². The molecule has 7 heteroatoms. The summed E-state index contributed by atoms with van der Waals surface area (Å²) in [4.78, 5) is 35.1. The van der Waals surface area contributed by atoms with Crippen LogP contribution in [0, 0.1) is 13.8 Å². The Labute approximate surface area is 133 Å². The van der Waals surface area contributed by atoms with E-state index in [9.17, 15) is 14.4 Å². The van der Waals surface area contributed by atoms with Gasteiger partial charge in [0.25, 0.3) is 5.91 Å². The molecule has 0 radical (unpaired) electrons. The lowest BCUT2D eigenvalue weighted by atomic mass is 10.2. The first-order chi connectivity index (χ1) is 10.3. The summed E-state index contributed by atoms with van der Waals surface area (Å²) in [5, 5.41) is 1.94. The molecule has 1 rings (SSSR count). The van der Waals surface area contributed by atoms with Crippen LogP contribution < -0.4 is 5.32 Å². The molecular formula is C15H19NO5S. The Morgan fingerprint density at radius 3 is 2.55 bits per heavy atom. The van der Waals surface area contributed by atoms with Crippen molar-refractivity contribution in [2.75, 3.05) is 12.9 Å². The zero-order valence-corrected chi connectivity index (χ0v) is 13.8. The van der Waals surface area contributed by atoms with Crippen LogP contribution >= 0.6 is 11.8 Å². The van der Waals surface area contributed by atoms with Crippen LogP contribution in [0.2, 0.25) is 0 Å². The zero-order valence-electron chi connectivity index (χ0n) is 13.0. The van der Waals surface area contributed by atoms with Crippen LogP contribution in [0.4, 0.5) is 4.79 Å². The first-order valence-electron chi connectivity index (χ1n) is 6.61. The fourth-order valence-corrected chi connectivity index (χ4v) is 2.43. The minimum Gasteiger partial charge on any atom is -0.453 e. The number of carbonyl (C=O) groups is 3. The van der Waals surface area contributed by atoms with Crippen molar-refractivity contribution in [3.8, 4) is 0 Å². The van der Waals surface area contributed by atoms with Crippen molar-refractivity contribution in [3.05, 3.63) is 29.3 Å². The van der Waals surface area contributed by atoms with Crippen LogP contribution in [-0.2, 0) is 19.1 Å². The molecule has 1 aromatic rings. The second-order valence-electron chi connectivity index (χ2n) is 4.67. The van der Waals surface area contributed by atoms with Crippen LogP contribution in [-0.4, -0.2) is 36.9 Å². The monoisotopic (exact) mass is 325 g/mol. The molecule has 0 aliphatic rings. The number of hydrogen-bond acceptors (Lipinski definition) is 6. The maximum Gasteiger partial charge on any atom is 0.413 e. The number of aryl methyl sites for hydroxylation is 2. The summed E-state index contributed by atoms with van der Waals surface area (Å²) in [7, 11) is 1.14. The van der Waals surface area contributed by atoms with Crippen molar-refractivity contribution in [2.45, 2.75) is 31.8 Å². The van der Waals surface area contributed by atoms with Crippen LogP contribution in [0.3, 0.4) is 0 Å². The summed E-state index contributed by atoms with van der Waals surface area (Å²) in [5.41, 5.74) is 2.23. The largest absolute Gasteiger partial charge is 0.453 e. The second-order valence-corrected chi connectivity index (χ2v) is 5.69. The normalized spacial score (nSPS) is 11.5. The molecule has 2 amide bonds. The van der Waals surface area contributed by atoms with E-state index in [1.54, 1.807) is 0 Å². The van der Waals surface area contributed by atoms with E-state index in [0.717, 1.165) is 23.1 Å². The van der Waals surface area contributed by atoms with Crippen molar-refractivity contribution in [2.24, 2.45) is 0 Å². The molecule has 1 atom stereocenters. The highest BCUT2D eigenvalue weighted by molar-refractivity contribution is 8.00. The Hall–Kier alpha value is -2.02. The molecule has 6 nitrogen and oxygen atoms in total. The highest BCUT2D eigenvalue weighted by Crippen LogP contribution is 2.23. The summed E-state index contributed by atoms with van der Waals surface area (Å²) < 4.78 is 9.25. The number of ether oxygens (including phenoxy) is 2. The Morgan fingerprint density at radius 1 is 1.27 bits per heavy atom. The van der Waals surface area contributed by atoms with Gasteiger partial charge in [0, 0.05) is 4.90 Å². The van der Waals surface area contributed by atoms with E-state index in [4.69, 9.17) is 4.74 Å². The molecule has 0 bridgehead atoms. The average molecular weight is 325 g/mol. The number of esters is 1. The molecule has 22 heavy (non-hydrogen) atoms. The molecular weight excluding hydrogens is 306 g/mol. The zero-order chi connectivity index (χ0) is 16.7. The van der Waals surface area contributed by atoms with Gasteiger partial charge in [-0.2, -0.15) is 0 Å². The fourth-order valence-electron chi connectivity index (χ4n) is 1.64. The Balaban J connectivity index is 2.45. The van der Waals surface area contributed by atoms with Crippen molar-refractivity contribution in [1.29, 1.82) is 0 Å². The molecule has 0 fully saturated rings. The molecule has 0 saturated heterocycles. The van der Waals surface area contributed by atoms with E-state index < -0.39 is 24.1 Å². The van der Waals surface area contributed by atoms with Crippen LogP contribution in [0.5, 0.6) is 0 Å². The maximum absolute atomic E-state index is 11.7. The van der Waals surface area contributed by atoms with Gasteiger partial charge in [0.2, 0.25) is 0 Å². The number of carbonyl (C=O) groups excluding carboxylic acids is 3. The predicted octanol–water partition coefficient (Wildman–Crippen LogP) is 2.21. The molecule has 120 valence electrons.